The van der Waals surface area contributed by atoms with Crippen LogP contribution in [0.3, 0.4) is 0 Å². The molecule has 1 saturated heterocycles. The van der Waals surface area contributed by atoms with Gasteiger partial charge in [-0.25, -0.2) is 8.42 Å². The molecule has 0 saturated carbocycles. The molecular formula is C22H24N2O4S. The van der Waals surface area contributed by atoms with Gasteiger partial charge in [0.2, 0.25) is 0 Å². The summed E-state index contributed by atoms with van der Waals surface area (Å²) in [6.45, 7) is 2.50. The Hall–Kier alpha value is -2.64. The van der Waals surface area contributed by atoms with Crippen molar-refractivity contribution in [2.75, 3.05) is 19.3 Å². The van der Waals surface area contributed by atoms with Crippen LogP contribution in [0.15, 0.2) is 59.0 Å². The normalized spacial score (nSPS) is 17.6. The predicted octanol–water partition coefficient (Wildman–Crippen LogP) is 2.98. The number of carbonyl (C=O) groups is 1. The molecule has 0 radical (unpaired) electrons. The van der Waals surface area contributed by atoms with Crippen LogP contribution in [-0.2, 0) is 22.1 Å². The smallest absolute Gasteiger partial charge is 0.287 e. The summed E-state index contributed by atoms with van der Waals surface area (Å²) in [7, 11) is -3.31. The molecule has 0 aliphatic carbocycles. The van der Waals surface area contributed by atoms with E-state index >= 15 is 0 Å². The van der Waals surface area contributed by atoms with Gasteiger partial charge in [-0.3, -0.25) is 9.69 Å². The second kappa shape index (κ2) is 8.00. The van der Waals surface area contributed by atoms with Gasteiger partial charge in [0.25, 0.3) is 5.91 Å². The summed E-state index contributed by atoms with van der Waals surface area (Å²) in [6.07, 6.45) is 2.01. The number of fused-ring (bicyclic) bond motifs is 1. The topological polar surface area (TPSA) is 79.6 Å². The van der Waals surface area contributed by atoms with Crippen molar-refractivity contribution in [2.24, 2.45) is 0 Å². The number of sulfone groups is 1. The standard InChI is InChI=1S/C22H24N2O4S/c1-29(26,27)15-19-18-9-5-6-10-20(18)28-21(19)22(25)23-17-11-12-24(14-17)13-16-7-3-2-4-8-16/h2-10,17H,11-15H2,1H3,(H,23,25). The fourth-order valence-electron chi connectivity index (χ4n) is 3.87. The molecule has 1 atom stereocenters. The van der Waals surface area contributed by atoms with E-state index in [0.717, 1.165) is 32.3 Å². The Labute approximate surface area is 170 Å². The van der Waals surface area contributed by atoms with Crippen molar-refractivity contribution < 1.29 is 17.6 Å². The number of para-hydroxylation sites is 1. The van der Waals surface area contributed by atoms with Crippen molar-refractivity contribution >= 4 is 26.7 Å². The summed E-state index contributed by atoms with van der Waals surface area (Å²) < 4.78 is 29.5. The fourth-order valence-corrected chi connectivity index (χ4v) is 4.69. The minimum absolute atomic E-state index is 0.00510. The van der Waals surface area contributed by atoms with Crippen molar-refractivity contribution in [1.82, 2.24) is 10.2 Å². The maximum atomic E-state index is 12.9. The fraction of sp³-hybridized carbons (Fsp3) is 0.318. The third kappa shape index (κ3) is 4.68. The summed E-state index contributed by atoms with van der Waals surface area (Å²) in [5.74, 6) is -0.484. The van der Waals surface area contributed by atoms with Crippen LogP contribution in [0, 0.1) is 0 Å². The van der Waals surface area contributed by atoms with Crippen LogP contribution < -0.4 is 5.32 Å². The minimum Gasteiger partial charge on any atom is -0.451 e. The molecule has 1 amide bonds. The van der Waals surface area contributed by atoms with Crippen molar-refractivity contribution in [1.29, 1.82) is 0 Å². The largest absolute Gasteiger partial charge is 0.451 e. The molecule has 152 valence electrons. The summed E-state index contributed by atoms with van der Waals surface area (Å²) in [5, 5.41) is 3.70. The molecule has 1 aliphatic rings. The zero-order valence-corrected chi connectivity index (χ0v) is 17.1. The van der Waals surface area contributed by atoms with Crippen molar-refractivity contribution in [2.45, 2.75) is 24.8 Å². The Balaban J connectivity index is 1.49. The Morgan fingerprint density at radius 2 is 1.86 bits per heavy atom. The lowest BCUT2D eigenvalue weighted by molar-refractivity contribution is 0.0911. The molecule has 1 unspecified atom stereocenters. The number of nitrogens with one attached hydrogen (secondary N) is 1. The Morgan fingerprint density at radius 1 is 1.14 bits per heavy atom. The molecule has 3 aromatic rings. The van der Waals surface area contributed by atoms with Crippen LogP contribution in [0.25, 0.3) is 11.0 Å². The number of nitrogens with zero attached hydrogens (tertiary/aromatic N) is 1. The van der Waals surface area contributed by atoms with Gasteiger partial charge >= 0.3 is 0 Å². The minimum atomic E-state index is -3.31. The molecule has 1 N–H and O–H groups in total. The van der Waals surface area contributed by atoms with Crippen LogP contribution in [-0.4, -0.2) is 44.6 Å². The summed E-state index contributed by atoms with van der Waals surface area (Å²) >= 11 is 0. The average molecular weight is 413 g/mol. The number of hydrogen-bond donors (Lipinski definition) is 1. The molecule has 0 bridgehead atoms. The first kappa shape index (κ1) is 19.7. The molecule has 0 spiro atoms. The number of furan rings is 1. The molecule has 4 rings (SSSR count). The lowest BCUT2D eigenvalue weighted by Crippen LogP contribution is -2.37. The molecule has 6 nitrogen and oxygen atoms in total. The van der Waals surface area contributed by atoms with E-state index in [0.29, 0.717) is 16.5 Å². The quantitative estimate of drug-likeness (QED) is 0.673. The van der Waals surface area contributed by atoms with E-state index in [1.54, 1.807) is 18.2 Å². The number of amides is 1. The van der Waals surface area contributed by atoms with E-state index in [4.69, 9.17) is 4.42 Å². The molecule has 1 fully saturated rings. The van der Waals surface area contributed by atoms with E-state index in [1.807, 2.05) is 24.3 Å². The van der Waals surface area contributed by atoms with Gasteiger partial charge in [-0.2, -0.15) is 0 Å². The van der Waals surface area contributed by atoms with Crippen molar-refractivity contribution in [3.63, 3.8) is 0 Å². The van der Waals surface area contributed by atoms with Gasteiger partial charge in [-0.05, 0) is 18.1 Å². The van der Waals surface area contributed by atoms with Crippen molar-refractivity contribution in [3.8, 4) is 0 Å². The molecule has 29 heavy (non-hydrogen) atoms. The first-order chi connectivity index (χ1) is 13.9. The van der Waals surface area contributed by atoms with Gasteiger partial charge in [0.15, 0.2) is 15.6 Å². The number of rotatable bonds is 6. The maximum Gasteiger partial charge on any atom is 0.287 e. The third-order valence-corrected chi connectivity index (χ3v) is 5.98. The monoisotopic (exact) mass is 412 g/mol. The molecule has 2 aromatic carbocycles. The molecule has 1 aliphatic heterocycles. The SMILES string of the molecule is CS(=O)(=O)Cc1c(C(=O)NC2CCN(Cc3ccccc3)C2)oc2ccccc12. The van der Waals surface area contributed by atoms with E-state index in [1.165, 1.54) is 5.56 Å². The number of likely N-dealkylation sites (tertiary alicyclic amines) is 1. The highest BCUT2D eigenvalue weighted by Crippen LogP contribution is 2.28. The molecule has 7 heteroatoms. The van der Waals surface area contributed by atoms with Crippen LogP contribution in [0.1, 0.15) is 28.1 Å². The van der Waals surface area contributed by atoms with Crippen LogP contribution >= 0.6 is 0 Å². The summed E-state index contributed by atoms with van der Waals surface area (Å²) in [5.41, 5.74) is 2.19. The predicted molar refractivity (Wildman–Crippen MR) is 112 cm³/mol. The highest BCUT2D eigenvalue weighted by molar-refractivity contribution is 7.89. The van der Waals surface area contributed by atoms with Crippen LogP contribution in [0.5, 0.6) is 0 Å². The van der Waals surface area contributed by atoms with Gasteiger partial charge in [0, 0.05) is 42.9 Å². The lowest BCUT2D eigenvalue weighted by Gasteiger charge is -2.16. The van der Waals surface area contributed by atoms with Gasteiger partial charge in [0.1, 0.15) is 5.58 Å². The zero-order valence-electron chi connectivity index (χ0n) is 16.3. The number of benzene rings is 2. The highest BCUT2D eigenvalue weighted by Gasteiger charge is 2.28. The van der Waals surface area contributed by atoms with Gasteiger partial charge < -0.3 is 9.73 Å². The van der Waals surface area contributed by atoms with Gasteiger partial charge in [-0.1, -0.05) is 48.5 Å². The molecule has 2 heterocycles. The van der Waals surface area contributed by atoms with E-state index in [2.05, 4.69) is 22.3 Å². The molecule has 1 aromatic heterocycles. The average Bonchev–Trinajstić information content (AvgIpc) is 3.26. The first-order valence-corrected chi connectivity index (χ1v) is 11.7. The summed E-state index contributed by atoms with van der Waals surface area (Å²) in [6, 6.07) is 17.4. The lowest BCUT2D eigenvalue weighted by atomic mass is 10.1. The van der Waals surface area contributed by atoms with Gasteiger partial charge in [0.05, 0.1) is 5.75 Å². The third-order valence-electron chi connectivity index (χ3n) is 5.17. The van der Waals surface area contributed by atoms with Crippen molar-refractivity contribution in [3.05, 3.63) is 71.5 Å². The Bertz CT molecular complexity index is 1120. The first-order valence-electron chi connectivity index (χ1n) is 9.64. The molecular weight excluding hydrogens is 388 g/mol. The van der Waals surface area contributed by atoms with Crippen LogP contribution in [0.4, 0.5) is 0 Å². The Kier molecular flexibility index (Phi) is 5.43. The van der Waals surface area contributed by atoms with Crippen LogP contribution in [0.2, 0.25) is 0 Å². The zero-order chi connectivity index (χ0) is 20.4. The van der Waals surface area contributed by atoms with E-state index in [-0.39, 0.29) is 23.5 Å². The maximum absolute atomic E-state index is 12.9. The summed E-state index contributed by atoms with van der Waals surface area (Å²) in [4.78, 5) is 15.2. The number of hydrogen-bond acceptors (Lipinski definition) is 5. The number of carbonyl (C=O) groups excluding carboxylic acids is 1. The second-order valence-electron chi connectivity index (χ2n) is 7.66. The van der Waals surface area contributed by atoms with Gasteiger partial charge in [-0.15, -0.1) is 0 Å². The highest BCUT2D eigenvalue weighted by atomic mass is 32.2. The van der Waals surface area contributed by atoms with E-state index in [9.17, 15) is 13.2 Å². The van der Waals surface area contributed by atoms with E-state index < -0.39 is 9.84 Å². The second-order valence-corrected chi connectivity index (χ2v) is 9.80. The Morgan fingerprint density at radius 3 is 2.62 bits per heavy atom.